The third-order valence-electron chi connectivity index (χ3n) is 3.21. The molecule has 4 heteroatoms. The van der Waals surface area contributed by atoms with Crippen molar-refractivity contribution in [3.63, 3.8) is 0 Å². The summed E-state index contributed by atoms with van der Waals surface area (Å²) in [5.74, 6) is 1.44. The first-order chi connectivity index (χ1) is 9.06. The first-order valence-corrected chi connectivity index (χ1v) is 7.89. The Hall–Kier alpha value is -1.16. The van der Waals surface area contributed by atoms with Crippen molar-refractivity contribution in [1.29, 1.82) is 0 Å². The molecule has 0 amide bonds. The van der Waals surface area contributed by atoms with E-state index in [2.05, 4.69) is 66.9 Å². The molecular formula is C15H25N3S. The summed E-state index contributed by atoms with van der Waals surface area (Å²) >= 11 is 1.76. The highest BCUT2D eigenvalue weighted by Gasteiger charge is 2.08. The molecule has 19 heavy (non-hydrogen) atoms. The fourth-order valence-electron chi connectivity index (χ4n) is 1.51. The minimum Gasteiger partial charge on any atom is -0.354 e. The quantitative estimate of drug-likeness (QED) is 0.494. The van der Waals surface area contributed by atoms with E-state index in [0.29, 0.717) is 12.0 Å². The Labute approximate surface area is 121 Å². The molecule has 0 spiro atoms. The smallest absolute Gasteiger partial charge is 0.191 e. The van der Waals surface area contributed by atoms with E-state index in [1.54, 1.807) is 18.8 Å². The van der Waals surface area contributed by atoms with E-state index in [9.17, 15) is 0 Å². The molecule has 1 aromatic carbocycles. The molecular weight excluding hydrogens is 254 g/mol. The Kier molecular flexibility index (Phi) is 6.78. The molecule has 0 aliphatic carbocycles. The van der Waals surface area contributed by atoms with Gasteiger partial charge in [-0.25, -0.2) is 0 Å². The fraction of sp³-hybridized carbons (Fsp3) is 0.533. The normalized spacial score (nSPS) is 13.5. The molecule has 0 aliphatic rings. The number of nitrogens with one attached hydrogen (secondary N) is 2. The number of rotatable bonds is 5. The van der Waals surface area contributed by atoms with Gasteiger partial charge in [0.05, 0.1) is 0 Å². The van der Waals surface area contributed by atoms with Crippen LogP contribution < -0.4 is 10.6 Å². The van der Waals surface area contributed by atoms with Crippen LogP contribution in [0.15, 0.2) is 34.2 Å². The van der Waals surface area contributed by atoms with Crippen LogP contribution in [0.25, 0.3) is 0 Å². The molecule has 0 fully saturated rings. The van der Waals surface area contributed by atoms with Gasteiger partial charge in [-0.05, 0) is 36.8 Å². The zero-order valence-corrected chi connectivity index (χ0v) is 13.3. The molecule has 106 valence electrons. The second kappa shape index (κ2) is 8.10. The molecule has 0 radical (unpaired) electrons. The zero-order chi connectivity index (χ0) is 14.3. The van der Waals surface area contributed by atoms with E-state index in [-0.39, 0.29) is 0 Å². The fourth-order valence-corrected chi connectivity index (χ4v) is 1.91. The highest BCUT2D eigenvalue weighted by molar-refractivity contribution is 7.98. The third-order valence-corrected chi connectivity index (χ3v) is 3.95. The SMILES string of the molecule is CN=C(NCc1ccc(SC)cc1)NC(C)C(C)C. The highest BCUT2D eigenvalue weighted by atomic mass is 32.2. The van der Waals surface area contributed by atoms with Crippen molar-refractivity contribution in [2.24, 2.45) is 10.9 Å². The van der Waals surface area contributed by atoms with Gasteiger partial charge in [0.2, 0.25) is 0 Å². The van der Waals surface area contributed by atoms with Gasteiger partial charge in [0, 0.05) is 24.5 Å². The molecule has 3 nitrogen and oxygen atoms in total. The van der Waals surface area contributed by atoms with Crippen molar-refractivity contribution in [1.82, 2.24) is 10.6 Å². The van der Waals surface area contributed by atoms with E-state index in [1.165, 1.54) is 10.5 Å². The van der Waals surface area contributed by atoms with Crippen LogP contribution in [-0.2, 0) is 6.54 Å². The number of nitrogens with zero attached hydrogens (tertiary/aromatic N) is 1. The lowest BCUT2D eigenvalue weighted by atomic mass is 10.1. The van der Waals surface area contributed by atoms with Crippen LogP contribution >= 0.6 is 11.8 Å². The topological polar surface area (TPSA) is 36.4 Å². The van der Waals surface area contributed by atoms with Crippen LogP contribution in [0.4, 0.5) is 0 Å². The molecule has 1 atom stereocenters. The summed E-state index contributed by atoms with van der Waals surface area (Å²) in [6.45, 7) is 7.36. The number of hydrogen-bond donors (Lipinski definition) is 2. The van der Waals surface area contributed by atoms with Gasteiger partial charge in [0.25, 0.3) is 0 Å². The molecule has 0 saturated heterocycles. The van der Waals surface area contributed by atoms with Crippen molar-refractivity contribution in [3.05, 3.63) is 29.8 Å². The molecule has 0 aliphatic heterocycles. The van der Waals surface area contributed by atoms with E-state index >= 15 is 0 Å². The van der Waals surface area contributed by atoms with Crippen LogP contribution in [-0.4, -0.2) is 25.3 Å². The molecule has 1 rings (SSSR count). The highest BCUT2D eigenvalue weighted by Crippen LogP contribution is 2.14. The maximum absolute atomic E-state index is 4.25. The summed E-state index contributed by atoms with van der Waals surface area (Å²) in [5.41, 5.74) is 1.26. The van der Waals surface area contributed by atoms with Gasteiger partial charge in [-0.1, -0.05) is 26.0 Å². The Balaban J connectivity index is 2.49. The maximum Gasteiger partial charge on any atom is 0.191 e. The molecule has 1 unspecified atom stereocenters. The van der Waals surface area contributed by atoms with Gasteiger partial charge in [0.1, 0.15) is 0 Å². The van der Waals surface area contributed by atoms with Crippen LogP contribution in [0.2, 0.25) is 0 Å². The summed E-state index contributed by atoms with van der Waals surface area (Å²) in [7, 11) is 1.80. The standard InChI is InChI=1S/C15H25N3S/c1-11(2)12(3)18-15(16-4)17-10-13-6-8-14(19-5)9-7-13/h6-9,11-12H,10H2,1-5H3,(H2,16,17,18). The molecule has 0 bridgehead atoms. The largest absolute Gasteiger partial charge is 0.354 e. The van der Waals surface area contributed by atoms with E-state index in [0.717, 1.165) is 12.5 Å². The van der Waals surface area contributed by atoms with Gasteiger partial charge in [0.15, 0.2) is 5.96 Å². The second-order valence-corrected chi connectivity index (χ2v) is 5.83. The monoisotopic (exact) mass is 279 g/mol. The Morgan fingerprint density at radius 3 is 2.32 bits per heavy atom. The summed E-state index contributed by atoms with van der Waals surface area (Å²) < 4.78 is 0. The van der Waals surface area contributed by atoms with Gasteiger partial charge in [-0.2, -0.15) is 0 Å². The van der Waals surface area contributed by atoms with Gasteiger partial charge in [-0.15, -0.1) is 11.8 Å². The summed E-state index contributed by atoms with van der Waals surface area (Å²) in [4.78, 5) is 5.54. The molecule has 0 heterocycles. The van der Waals surface area contributed by atoms with Crippen molar-refractivity contribution < 1.29 is 0 Å². The number of aliphatic imine (C=N–C) groups is 1. The lowest BCUT2D eigenvalue weighted by Gasteiger charge is -2.20. The predicted molar refractivity (Wildman–Crippen MR) is 85.9 cm³/mol. The average molecular weight is 279 g/mol. The lowest BCUT2D eigenvalue weighted by molar-refractivity contribution is 0.481. The number of hydrogen-bond acceptors (Lipinski definition) is 2. The van der Waals surface area contributed by atoms with E-state index in [1.807, 2.05) is 0 Å². The van der Waals surface area contributed by atoms with Crippen molar-refractivity contribution in [2.75, 3.05) is 13.3 Å². The maximum atomic E-state index is 4.25. The summed E-state index contributed by atoms with van der Waals surface area (Å²) in [5, 5.41) is 6.73. The van der Waals surface area contributed by atoms with Crippen LogP contribution in [0.5, 0.6) is 0 Å². The van der Waals surface area contributed by atoms with Crippen molar-refractivity contribution in [3.8, 4) is 0 Å². The Morgan fingerprint density at radius 1 is 1.21 bits per heavy atom. The summed E-state index contributed by atoms with van der Waals surface area (Å²) in [6, 6.07) is 9.00. The predicted octanol–water partition coefficient (Wildman–Crippen LogP) is 3.12. The molecule has 0 saturated carbocycles. The third kappa shape index (κ3) is 5.55. The van der Waals surface area contributed by atoms with Gasteiger partial charge < -0.3 is 10.6 Å². The lowest BCUT2D eigenvalue weighted by Crippen LogP contribution is -2.43. The molecule has 1 aromatic rings. The van der Waals surface area contributed by atoms with Crippen molar-refractivity contribution in [2.45, 2.75) is 38.3 Å². The Bertz CT molecular complexity index is 398. The molecule has 0 aromatic heterocycles. The van der Waals surface area contributed by atoms with E-state index in [4.69, 9.17) is 0 Å². The number of guanidine groups is 1. The number of thioether (sulfide) groups is 1. The Morgan fingerprint density at radius 2 is 1.84 bits per heavy atom. The van der Waals surface area contributed by atoms with Crippen molar-refractivity contribution >= 4 is 17.7 Å². The number of benzene rings is 1. The van der Waals surface area contributed by atoms with Crippen LogP contribution in [0, 0.1) is 5.92 Å². The average Bonchev–Trinajstić information content (AvgIpc) is 2.43. The first kappa shape index (κ1) is 15.9. The van der Waals surface area contributed by atoms with Gasteiger partial charge in [-0.3, -0.25) is 4.99 Å². The van der Waals surface area contributed by atoms with Crippen LogP contribution in [0.3, 0.4) is 0 Å². The minimum absolute atomic E-state index is 0.407. The minimum atomic E-state index is 0.407. The first-order valence-electron chi connectivity index (χ1n) is 6.67. The molecule has 2 N–H and O–H groups in total. The van der Waals surface area contributed by atoms with Crippen LogP contribution in [0.1, 0.15) is 26.3 Å². The zero-order valence-electron chi connectivity index (χ0n) is 12.5. The van der Waals surface area contributed by atoms with E-state index < -0.39 is 0 Å². The second-order valence-electron chi connectivity index (χ2n) is 4.95. The van der Waals surface area contributed by atoms with Gasteiger partial charge >= 0.3 is 0 Å². The summed E-state index contributed by atoms with van der Waals surface area (Å²) in [6.07, 6.45) is 2.09.